The number of carbonyl (C=O) groups excluding carboxylic acids is 1. The molecule has 124 valence electrons. The second-order valence-corrected chi connectivity index (χ2v) is 4.98. The molecule has 0 aromatic heterocycles. The number of carbonyl (C=O) groups is 1. The van der Waals surface area contributed by atoms with Crippen molar-refractivity contribution in [3.63, 3.8) is 0 Å². The van der Waals surface area contributed by atoms with Gasteiger partial charge in [0, 0.05) is 11.6 Å². The van der Waals surface area contributed by atoms with E-state index in [1.807, 2.05) is 18.7 Å². The lowest BCUT2D eigenvalue weighted by molar-refractivity contribution is -0.122. The number of benzene rings is 1. The number of amides is 1. The monoisotopic (exact) mass is 312 g/mol. The first-order chi connectivity index (χ1) is 10.5. The molecule has 6 heteroatoms. The topological polar surface area (TPSA) is 50.8 Å². The first-order valence-corrected chi connectivity index (χ1v) is 7.39. The molecule has 0 spiro atoms. The molecule has 1 aromatic rings. The zero-order chi connectivity index (χ0) is 16.7. The molecule has 1 unspecified atom stereocenters. The number of hydrogen-bond donors (Lipinski definition) is 1. The highest BCUT2D eigenvalue weighted by Crippen LogP contribution is 2.32. The number of rotatable bonds is 8. The van der Waals surface area contributed by atoms with E-state index in [9.17, 15) is 9.18 Å². The van der Waals surface area contributed by atoms with Crippen molar-refractivity contribution in [3.8, 4) is 11.5 Å². The fourth-order valence-corrected chi connectivity index (χ4v) is 2.22. The molecule has 0 aliphatic carbocycles. The number of methoxy groups -OCH3 is 2. The van der Waals surface area contributed by atoms with Crippen molar-refractivity contribution in [2.45, 2.75) is 26.8 Å². The summed E-state index contributed by atoms with van der Waals surface area (Å²) in [6.07, 6.45) is 0. The van der Waals surface area contributed by atoms with Crippen LogP contribution in [0.3, 0.4) is 0 Å². The van der Waals surface area contributed by atoms with Gasteiger partial charge in [-0.3, -0.25) is 9.69 Å². The Labute approximate surface area is 131 Å². The van der Waals surface area contributed by atoms with E-state index < -0.39 is 11.9 Å². The summed E-state index contributed by atoms with van der Waals surface area (Å²) in [4.78, 5) is 14.0. The third kappa shape index (κ3) is 4.59. The van der Waals surface area contributed by atoms with Crippen LogP contribution in [-0.4, -0.2) is 44.7 Å². The van der Waals surface area contributed by atoms with Gasteiger partial charge in [0.05, 0.1) is 26.8 Å². The normalized spacial score (nSPS) is 12.1. The second kappa shape index (κ2) is 8.58. The third-order valence-corrected chi connectivity index (χ3v) is 3.61. The highest BCUT2D eigenvalue weighted by molar-refractivity contribution is 5.78. The molecular weight excluding hydrogens is 287 g/mol. The Kier molecular flexibility index (Phi) is 7.11. The van der Waals surface area contributed by atoms with Crippen molar-refractivity contribution in [2.75, 3.05) is 33.9 Å². The van der Waals surface area contributed by atoms with Gasteiger partial charge in [-0.1, -0.05) is 13.8 Å². The van der Waals surface area contributed by atoms with Crippen LogP contribution in [0.2, 0.25) is 0 Å². The van der Waals surface area contributed by atoms with E-state index in [0.717, 1.165) is 13.1 Å². The maximum Gasteiger partial charge on any atom is 0.234 e. The van der Waals surface area contributed by atoms with E-state index in [1.54, 1.807) is 13.0 Å². The molecule has 0 saturated carbocycles. The average Bonchev–Trinajstić information content (AvgIpc) is 2.51. The van der Waals surface area contributed by atoms with E-state index in [1.165, 1.54) is 20.3 Å². The van der Waals surface area contributed by atoms with Gasteiger partial charge in [0.25, 0.3) is 0 Å². The SMILES string of the molecule is CCN(CC)CC(=O)NC(C)c1cc(OC)c(OC)cc1F. The van der Waals surface area contributed by atoms with E-state index in [2.05, 4.69) is 5.32 Å². The molecule has 0 heterocycles. The summed E-state index contributed by atoms with van der Waals surface area (Å²) in [5.41, 5.74) is 0.366. The molecule has 0 aliphatic rings. The van der Waals surface area contributed by atoms with Gasteiger partial charge in [-0.05, 0) is 26.1 Å². The Bertz CT molecular complexity index is 504. The fourth-order valence-electron chi connectivity index (χ4n) is 2.22. The highest BCUT2D eigenvalue weighted by Gasteiger charge is 2.18. The molecule has 22 heavy (non-hydrogen) atoms. The summed E-state index contributed by atoms with van der Waals surface area (Å²) in [5.74, 6) is 0.188. The Balaban J connectivity index is 2.85. The molecule has 1 amide bonds. The van der Waals surface area contributed by atoms with Crippen LogP contribution in [0.1, 0.15) is 32.4 Å². The number of halogens is 1. The Morgan fingerprint density at radius 1 is 1.23 bits per heavy atom. The van der Waals surface area contributed by atoms with Crippen LogP contribution in [0.15, 0.2) is 12.1 Å². The van der Waals surface area contributed by atoms with Gasteiger partial charge < -0.3 is 14.8 Å². The number of nitrogens with zero attached hydrogens (tertiary/aromatic N) is 1. The van der Waals surface area contributed by atoms with Crippen molar-refractivity contribution in [2.24, 2.45) is 0 Å². The van der Waals surface area contributed by atoms with Gasteiger partial charge in [0.1, 0.15) is 5.82 Å². The van der Waals surface area contributed by atoms with E-state index in [0.29, 0.717) is 23.6 Å². The average molecular weight is 312 g/mol. The first kappa shape index (κ1) is 18.2. The minimum atomic E-state index is -0.456. The minimum absolute atomic E-state index is 0.134. The smallest absolute Gasteiger partial charge is 0.234 e. The molecule has 0 radical (unpaired) electrons. The molecular formula is C16H25FN2O3. The number of hydrogen-bond acceptors (Lipinski definition) is 4. The van der Waals surface area contributed by atoms with Crippen molar-refractivity contribution >= 4 is 5.91 Å². The molecule has 0 aliphatic heterocycles. The standard InChI is InChI=1S/C16H25FN2O3/c1-6-19(7-2)10-16(20)18-11(3)12-8-14(21-4)15(22-5)9-13(12)17/h8-9,11H,6-7,10H2,1-5H3,(H,18,20). The van der Waals surface area contributed by atoms with Crippen LogP contribution in [0.25, 0.3) is 0 Å². The largest absolute Gasteiger partial charge is 0.493 e. The lowest BCUT2D eigenvalue weighted by Gasteiger charge is -2.21. The number of likely N-dealkylation sites (N-methyl/N-ethyl adjacent to an activating group) is 1. The molecule has 0 saturated heterocycles. The predicted molar refractivity (Wildman–Crippen MR) is 83.8 cm³/mol. The van der Waals surface area contributed by atoms with Gasteiger partial charge >= 0.3 is 0 Å². The molecule has 0 bridgehead atoms. The second-order valence-electron chi connectivity index (χ2n) is 4.98. The van der Waals surface area contributed by atoms with Crippen LogP contribution in [0.4, 0.5) is 4.39 Å². The number of ether oxygens (including phenoxy) is 2. The Morgan fingerprint density at radius 3 is 2.27 bits per heavy atom. The maximum atomic E-state index is 14.2. The Hall–Kier alpha value is -1.82. The summed E-state index contributed by atoms with van der Waals surface area (Å²) >= 11 is 0. The molecule has 0 fully saturated rings. The fraction of sp³-hybridized carbons (Fsp3) is 0.562. The van der Waals surface area contributed by atoms with Crippen molar-refractivity contribution in [3.05, 3.63) is 23.5 Å². The maximum absolute atomic E-state index is 14.2. The quantitative estimate of drug-likeness (QED) is 0.800. The lowest BCUT2D eigenvalue weighted by atomic mass is 10.1. The summed E-state index contributed by atoms with van der Waals surface area (Å²) in [7, 11) is 2.94. The zero-order valence-corrected chi connectivity index (χ0v) is 13.9. The van der Waals surface area contributed by atoms with Gasteiger partial charge in [-0.15, -0.1) is 0 Å². The lowest BCUT2D eigenvalue weighted by Crippen LogP contribution is -2.38. The Morgan fingerprint density at radius 2 is 1.77 bits per heavy atom. The molecule has 1 aromatic carbocycles. The molecule has 1 atom stereocenters. The minimum Gasteiger partial charge on any atom is -0.493 e. The molecule has 1 N–H and O–H groups in total. The molecule has 1 rings (SSSR count). The van der Waals surface area contributed by atoms with Crippen molar-refractivity contribution < 1.29 is 18.7 Å². The van der Waals surface area contributed by atoms with Gasteiger partial charge in [0.15, 0.2) is 11.5 Å². The molecule has 5 nitrogen and oxygen atoms in total. The zero-order valence-electron chi connectivity index (χ0n) is 13.9. The van der Waals surface area contributed by atoms with Crippen LogP contribution < -0.4 is 14.8 Å². The predicted octanol–water partition coefficient (Wildman–Crippen LogP) is 2.36. The van der Waals surface area contributed by atoms with E-state index in [4.69, 9.17) is 9.47 Å². The van der Waals surface area contributed by atoms with Gasteiger partial charge in [-0.25, -0.2) is 4.39 Å². The third-order valence-electron chi connectivity index (χ3n) is 3.61. The highest BCUT2D eigenvalue weighted by atomic mass is 19.1. The van der Waals surface area contributed by atoms with Crippen LogP contribution in [0.5, 0.6) is 11.5 Å². The first-order valence-electron chi connectivity index (χ1n) is 7.39. The van der Waals surface area contributed by atoms with E-state index in [-0.39, 0.29) is 5.91 Å². The number of nitrogens with one attached hydrogen (secondary N) is 1. The van der Waals surface area contributed by atoms with Crippen LogP contribution >= 0.6 is 0 Å². The van der Waals surface area contributed by atoms with E-state index >= 15 is 0 Å². The van der Waals surface area contributed by atoms with Crippen LogP contribution in [-0.2, 0) is 4.79 Å². The van der Waals surface area contributed by atoms with Crippen LogP contribution in [0, 0.1) is 5.82 Å². The van der Waals surface area contributed by atoms with Gasteiger partial charge in [0.2, 0.25) is 5.91 Å². The van der Waals surface area contributed by atoms with Crippen molar-refractivity contribution in [1.82, 2.24) is 10.2 Å². The summed E-state index contributed by atoms with van der Waals surface area (Å²) in [6.45, 7) is 7.62. The van der Waals surface area contributed by atoms with Crippen molar-refractivity contribution in [1.29, 1.82) is 0 Å². The van der Waals surface area contributed by atoms with Gasteiger partial charge in [-0.2, -0.15) is 0 Å². The summed E-state index contributed by atoms with van der Waals surface area (Å²) in [5, 5.41) is 2.81. The summed E-state index contributed by atoms with van der Waals surface area (Å²) in [6, 6.07) is 2.36. The summed E-state index contributed by atoms with van der Waals surface area (Å²) < 4.78 is 24.4.